The minimum absolute atomic E-state index is 0.0385. The van der Waals surface area contributed by atoms with Crippen LogP contribution in [0, 0.1) is 5.82 Å². The molecule has 1 amide bonds. The Labute approximate surface area is 126 Å². The molecule has 0 radical (unpaired) electrons. The van der Waals surface area contributed by atoms with Gasteiger partial charge in [-0.25, -0.2) is 4.39 Å². The van der Waals surface area contributed by atoms with Gasteiger partial charge in [0.2, 0.25) is 5.91 Å². The smallest absolute Gasteiger partial charge is 0.304 e. The summed E-state index contributed by atoms with van der Waals surface area (Å²) >= 11 is 1.70. The third kappa shape index (κ3) is 5.02. The van der Waals surface area contributed by atoms with Crippen molar-refractivity contribution in [2.75, 3.05) is 29.9 Å². The fraction of sp³-hybridized carbons (Fsp3) is 0.429. The summed E-state index contributed by atoms with van der Waals surface area (Å²) in [4.78, 5) is 24.7. The van der Waals surface area contributed by atoms with Crippen LogP contribution in [0.15, 0.2) is 24.3 Å². The molecule has 1 unspecified atom stereocenters. The van der Waals surface area contributed by atoms with Gasteiger partial charge in [-0.05, 0) is 24.3 Å². The molecule has 1 aliphatic rings. The molecule has 2 N–H and O–H groups in total. The molecule has 0 saturated carbocycles. The van der Waals surface area contributed by atoms with Crippen LogP contribution in [0.4, 0.5) is 10.1 Å². The Bertz CT molecular complexity index is 509. The first-order valence-electron chi connectivity index (χ1n) is 6.63. The van der Waals surface area contributed by atoms with Gasteiger partial charge in [0, 0.05) is 29.8 Å². The molecular formula is C14H17FN2O3S. The zero-order chi connectivity index (χ0) is 15.2. The van der Waals surface area contributed by atoms with Crippen molar-refractivity contribution in [1.29, 1.82) is 0 Å². The van der Waals surface area contributed by atoms with Crippen LogP contribution in [0.1, 0.15) is 6.42 Å². The second-order valence-corrected chi connectivity index (χ2v) is 6.00. The first kappa shape index (κ1) is 15.8. The molecule has 1 fully saturated rings. The lowest BCUT2D eigenvalue weighted by Crippen LogP contribution is -2.47. The number of nitrogens with one attached hydrogen (secondary N) is 1. The van der Waals surface area contributed by atoms with Crippen molar-refractivity contribution in [3.63, 3.8) is 0 Å². The molecule has 1 saturated heterocycles. The highest BCUT2D eigenvalue weighted by molar-refractivity contribution is 7.99. The number of aliphatic carboxylic acids is 1. The summed E-state index contributed by atoms with van der Waals surface area (Å²) in [7, 11) is 0. The van der Waals surface area contributed by atoms with E-state index < -0.39 is 5.97 Å². The van der Waals surface area contributed by atoms with Crippen LogP contribution in [0.5, 0.6) is 0 Å². The number of benzene rings is 1. The molecule has 7 heteroatoms. The molecular weight excluding hydrogens is 295 g/mol. The molecule has 0 bridgehead atoms. The second-order valence-electron chi connectivity index (χ2n) is 4.85. The highest BCUT2D eigenvalue weighted by Crippen LogP contribution is 2.19. The van der Waals surface area contributed by atoms with Gasteiger partial charge in [-0.1, -0.05) is 0 Å². The van der Waals surface area contributed by atoms with E-state index >= 15 is 0 Å². The van der Waals surface area contributed by atoms with E-state index in [1.54, 1.807) is 11.8 Å². The lowest BCUT2D eigenvalue weighted by Gasteiger charge is -2.33. The average molecular weight is 312 g/mol. The number of carboxylic acid groups (broad SMARTS) is 1. The van der Waals surface area contributed by atoms with E-state index in [4.69, 9.17) is 5.11 Å². The standard InChI is InChI=1S/C14H17FN2O3S/c15-10-1-3-11(4-2-10)16-13(18)8-17-5-6-21-9-12(17)7-14(19)20/h1-4,12H,5-9H2,(H,16,18)(H,19,20). The Morgan fingerprint density at radius 3 is 2.76 bits per heavy atom. The molecule has 114 valence electrons. The maximum absolute atomic E-state index is 12.8. The van der Waals surface area contributed by atoms with Gasteiger partial charge < -0.3 is 10.4 Å². The van der Waals surface area contributed by atoms with Crippen LogP contribution >= 0.6 is 11.8 Å². The number of halogens is 1. The van der Waals surface area contributed by atoms with Crippen molar-refractivity contribution < 1.29 is 19.1 Å². The number of carbonyl (C=O) groups excluding carboxylic acids is 1. The zero-order valence-electron chi connectivity index (χ0n) is 11.4. The van der Waals surface area contributed by atoms with E-state index in [1.807, 2.05) is 4.90 Å². The lowest BCUT2D eigenvalue weighted by molar-refractivity contribution is -0.138. The van der Waals surface area contributed by atoms with Crippen molar-refractivity contribution >= 4 is 29.3 Å². The maximum Gasteiger partial charge on any atom is 0.304 e. The van der Waals surface area contributed by atoms with Gasteiger partial charge in [-0.2, -0.15) is 11.8 Å². The first-order valence-corrected chi connectivity index (χ1v) is 7.79. The minimum atomic E-state index is -0.855. The summed E-state index contributed by atoms with van der Waals surface area (Å²) in [5, 5.41) is 11.6. The molecule has 2 rings (SSSR count). The summed E-state index contributed by atoms with van der Waals surface area (Å²) in [5.41, 5.74) is 0.530. The molecule has 1 aromatic rings. The summed E-state index contributed by atoms with van der Waals surface area (Å²) in [5.74, 6) is 0.175. The molecule has 0 aromatic heterocycles. The fourth-order valence-electron chi connectivity index (χ4n) is 2.21. The number of carboxylic acids is 1. The van der Waals surface area contributed by atoms with Crippen molar-refractivity contribution in [2.24, 2.45) is 0 Å². The van der Waals surface area contributed by atoms with Crippen molar-refractivity contribution in [1.82, 2.24) is 4.90 Å². The van der Waals surface area contributed by atoms with Crippen molar-refractivity contribution in [2.45, 2.75) is 12.5 Å². The quantitative estimate of drug-likeness (QED) is 0.865. The lowest BCUT2D eigenvalue weighted by atomic mass is 10.2. The third-order valence-electron chi connectivity index (χ3n) is 3.23. The molecule has 1 atom stereocenters. The molecule has 0 aliphatic carbocycles. The van der Waals surface area contributed by atoms with Gasteiger partial charge in [0.1, 0.15) is 5.82 Å². The predicted octanol–water partition coefficient (Wildman–Crippen LogP) is 1.66. The van der Waals surface area contributed by atoms with Gasteiger partial charge in [-0.15, -0.1) is 0 Å². The largest absolute Gasteiger partial charge is 0.481 e. The molecule has 1 aliphatic heterocycles. The Hall–Kier alpha value is -1.60. The summed E-state index contributed by atoms with van der Waals surface area (Å²) in [6, 6.07) is 5.42. The Morgan fingerprint density at radius 1 is 1.38 bits per heavy atom. The number of hydrogen-bond donors (Lipinski definition) is 2. The Kier molecular flexibility index (Phi) is 5.58. The highest BCUT2D eigenvalue weighted by atomic mass is 32.2. The van der Waals surface area contributed by atoms with E-state index in [9.17, 15) is 14.0 Å². The highest BCUT2D eigenvalue weighted by Gasteiger charge is 2.26. The second kappa shape index (κ2) is 7.42. The van der Waals surface area contributed by atoms with E-state index in [2.05, 4.69) is 5.32 Å². The number of anilines is 1. The van der Waals surface area contributed by atoms with Crippen LogP contribution in [0.2, 0.25) is 0 Å². The normalized spacial score (nSPS) is 19.2. The zero-order valence-corrected chi connectivity index (χ0v) is 12.2. The number of amides is 1. The summed E-state index contributed by atoms with van der Waals surface area (Å²) < 4.78 is 12.8. The number of nitrogens with zero attached hydrogens (tertiary/aromatic N) is 1. The van der Waals surface area contributed by atoms with Crippen LogP contribution in [0.3, 0.4) is 0 Å². The van der Waals surface area contributed by atoms with Crippen LogP contribution in [-0.4, -0.2) is 52.5 Å². The summed E-state index contributed by atoms with van der Waals surface area (Å²) in [6.45, 7) is 0.843. The molecule has 1 heterocycles. The van der Waals surface area contributed by atoms with Gasteiger partial charge in [0.25, 0.3) is 0 Å². The summed E-state index contributed by atoms with van der Waals surface area (Å²) in [6.07, 6.45) is 0.0385. The number of carbonyl (C=O) groups is 2. The van der Waals surface area contributed by atoms with E-state index in [0.29, 0.717) is 12.2 Å². The number of thioether (sulfide) groups is 1. The molecule has 1 aromatic carbocycles. The predicted molar refractivity (Wildman–Crippen MR) is 80.0 cm³/mol. The first-order chi connectivity index (χ1) is 10.0. The maximum atomic E-state index is 12.8. The van der Waals surface area contributed by atoms with Crippen LogP contribution < -0.4 is 5.32 Å². The van der Waals surface area contributed by atoms with Gasteiger partial charge in [0.15, 0.2) is 0 Å². The molecule has 0 spiro atoms. The molecule has 21 heavy (non-hydrogen) atoms. The fourth-order valence-corrected chi connectivity index (χ4v) is 3.34. The minimum Gasteiger partial charge on any atom is -0.481 e. The SMILES string of the molecule is O=C(O)CC1CSCCN1CC(=O)Nc1ccc(F)cc1. The van der Waals surface area contributed by atoms with Crippen LogP contribution in [-0.2, 0) is 9.59 Å². The van der Waals surface area contributed by atoms with Crippen LogP contribution in [0.25, 0.3) is 0 Å². The topological polar surface area (TPSA) is 69.6 Å². The van der Waals surface area contributed by atoms with E-state index in [0.717, 1.165) is 11.5 Å². The monoisotopic (exact) mass is 312 g/mol. The Balaban J connectivity index is 1.90. The Morgan fingerprint density at radius 2 is 2.10 bits per heavy atom. The number of rotatable bonds is 5. The average Bonchev–Trinajstić information content (AvgIpc) is 2.43. The van der Waals surface area contributed by atoms with E-state index in [-0.39, 0.29) is 30.7 Å². The molecule has 5 nitrogen and oxygen atoms in total. The van der Waals surface area contributed by atoms with Crippen molar-refractivity contribution in [3.05, 3.63) is 30.1 Å². The van der Waals surface area contributed by atoms with Gasteiger partial charge in [-0.3, -0.25) is 14.5 Å². The van der Waals surface area contributed by atoms with Gasteiger partial charge >= 0.3 is 5.97 Å². The van der Waals surface area contributed by atoms with E-state index in [1.165, 1.54) is 24.3 Å². The van der Waals surface area contributed by atoms with Crippen molar-refractivity contribution in [3.8, 4) is 0 Å². The third-order valence-corrected chi connectivity index (χ3v) is 4.33. The van der Waals surface area contributed by atoms with Gasteiger partial charge in [0.05, 0.1) is 13.0 Å². The number of hydrogen-bond acceptors (Lipinski definition) is 4.